The van der Waals surface area contributed by atoms with Gasteiger partial charge < -0.3 is 5.32 Å². The molecule has 1 aromatic rings. The number of carbonyl (C=O) groups is 1. The van der Waals surface area contributed by atoms with E-state index in [-0.39, 0.29) is 5.91 Å². The van der Waals surface area contributed by atoms with Crippen molar-refractivity contribution in [3.8, 4) is 0 Å². The topological polar surface area (TPSA) is 29.1 Å². The highest BCUT2D eigenvalue weighted by atomic mass is 35.5. The van der Waals surface area contributed by atoms with Gasteiger partial charge in [-0.3, -0.25) is 4.79 Å². The zero-order chi connectivity index (χ0) is 12.3. The molecule has 88 valence electrons. The molecule has 1 amide bonds. The van der Waals surface area contributed by atoms with Crippen LogP contribution in [-0.2, 0) is 4.79 Å². The number of hydrogen-bond acceptors (Lipinski definition) is 1. The summed E-state index contributed by atoms with van der Waals surface area (Å²) < 4.78 is 0. The molecule has 3 heteroatoms. The number of rotatable bonds is 3. The van der Waals surface area contributed by atoms with Crippen LogP contribution in [0.5, 0.6) is 0 Å². The quantitative estimate of drug-likeness (QED) is 0.801. The number of benzene rings is 1. The third-order valence-corrected chi connectivity index (χ3v) is 2.73. The van der Waals surface area contributed by atoms with Crippen molar-refractivity contribution in [1.82, 2.24) is 0 Å². The van der Waals surface area contributed by atoms with Gasteiger partial charge in [-0.1, -0.05) is 32.0 Å². The van der Waals surface area contributed by atoms with E-state index in [1.807, 2.05) is 25.1 Å². The average molecular weight is 240 g/mol. The number of alkyl halides is 1. The first-order valence-corrected chi connectivity index (χ1v) is 5.91. The first kappa shape index (κ1) is 13.0. The Kier molecular flexibility index (Phi) is 4.36. The van der Waals surface area contributed by atoms with Gasteiger partial charge in [-0.15, -0.1) is 11.6 Å². The van der Waals surface area contributed by atoms with Crippen molar-refractivity contribution in [1.29, 1.82) is 0 Å². The molecule has 0 spiro atoms. The van der Waals surface area contributed by atoms with Crippen LogP contribution in [0.2, 0.25) is 0 Å². The summed E-state index contributed by atoms with van der Waals surface area (Å²) in [7, 11) is 0. The number of aryl methyl sites for hydroxylation is 1. The zero-order valence-electron chi connectivity index (χ0n) is 10.2. The van der Waals surface area contributed by atoms with E-state index in [0.717, 1.165) is 16.8 Å². The predicted molar refractivity (Wildman–Crippen MR) is 69.2 cm³/mol. The first-order valence-electron chi connectivity index (χ1n) is 5.48. The number of anilines is 1. The van der Waals surface area contributed by atoms with Crippen molar-refractivity contribution in [2.24, 2.45) is 0 Å². The first-order chi connectivity index (χ1) is 7.43. The molecular formula is C13H18ClNO. The highest BCUT2D eigenvalue weighted by Gasteiger charge is 2.14. The summed E-state index contributed by atoms with van der Waals surface area (Å²) in [6.45, 7) is 7.87. The number of hydrogen-bond donors (Lipinski definition) is 1. The number of para-hydroxylation sites is 1. The maximum Gasteiger partial charge on any atom is 0.242 e. The molecule has 1 atom stereocenters. The molecule has 0 bridgehead atoms. The fraction of sp³-hybridized carbons (Fsp3) is 0.462. The number of carbonyl (C=O) groups excluding carboxylic acids is 1. The van der Waals surface area contributed by atoms with Crippen LogP contribution in [0, 0.1) is 6.92 Å². The lowest BCUT2D eigenvalue weighted by Crippen LogP contribution is -2.21. The number of nitrogens with one attached hydrogen (secondary N) is 1. The van der Waals surface area contributed by atoms with E-state index in [1.165, 1.54) is 0 Å². The Hall–Kier alpha value is -1.02. The molecule has 0 radical (unpaired) electrons. The molecule has 0 aliphatic heterocycles. The Bertz CT molecular complexity index is 386. The second-order valence-electron chi connectivity index (χ2n) is 4.30. The Morgan fingerprint density at radius 2 is 1.94 bits per heavy atom. The van der Waals surface area contributed by atoms with Crippen molar-refractivity contribution in [3.63, 3.8) is 0 Å². The van der Waals surface area contributed by atoms with Crippen LogP contribution in [0.25, 0.3) is 0 Å². The summed E-state index contributed by atoms with van der Waals surface area (Å²) in [5.41, 5.74) is 3.11. The second kappa shape index (κ2) is 5.35. The third kappa shape index (κ3) is 2.99. The van der Waals surface area contributed by atoms with Crippen LogP contribution in [0.3, 0.4) is 0 Å². The standard InChI is InChI=1S/C13H18ClNO/c1-8(2)11-7-5-6-9(3)12(11)15-13(16)10(4)14/h5-8,10H,1-4H3,(H,15,16)/t10-/m1/s1. The fourth-order valence-electron chi connectivity index (χ4n) is 1.56. The van der Waals surface area contributed by atoms with E-state index >= 15 is 0 Å². The van der Waals surface area contributed by atoms with Crippen LogP contribution in [0.15, 0.2) is 18.2 Å². The molecule has 0 unspecified atom stereocenters. The molecule has 1 aromatic carbocycles. The van der Waals surface area contributed by atoms with Gasteiger partial charge in [0, 0.05) is 5.69 Å². The highest BCUT2D eigenvalue weighted by Crippen LogP contribution is 2.27. The minimum Gasteiger partial charge on any atom is -0.324 e. The Labute approximate surface area is 102 Å². The largest absolute Gasteiger partial charge is 0.324 e. The molecule has 0 aromatic heterocycles. The van der Waals surface area contributed by atoms with Crippen LogP contribution in [0.1, 0.15) is 37.8 Å². The molecule has 1 rings (SSSR count). The Balaban J connectivity index is 3.06. The van der Waals surface area contributed by atoms with Crippen molar-refractivity contribution in [3.05, 3.63) is 29.3 Å². The monoisotopic (exact) mass is 239 g/mol. The molecule has 2 nitrogen and oxygen atoms in total. The van der Waals surface area contributed by atoms with Gasteiger partial charge in [-0.25, -0.2) is 0 Å². The molecule has 0 saturated heterocycles. The van der Waals surface area contributed by atoms with E-state index in [1.54, 1.807) is 6.92 Å². The van der Waals surface area contributed by atoms with Crippen LogP contribution >= 0.6 is 11.6 Å². The maximum absolute atomic E-state index is 11.6. The summed E-state index contributed by atoms with van der Waals surface area (Å²) in [4.78, 5) is 11.6. The van der Waals surface area contributed by atoms with Crippen molar-refractivity contribution < 1.29 is 4.79 Å². The lowest BCUT2D eigenvalue weighted by molar-refractivity contribution is -0.115. The van der Waals surface area contributed by atoms with E-state index in [0.29, 0.717) is 5.92 Å². The van der Waals surface area contributed by atoms with Gasteiger partial charge in [0.05, 0.1) is 0 Å². The van der Waals surface area contributed by atoms with Gasteiger partial charge in [0.2, 0.25) is 5.91 Å². The van der Waals surface area contributed by atoms with Gasteiger partial charge >= 0.3 is 0 Å². The Morgan fingerprint density at radius 1 is 1.31 bits per heavy atom. The molecule has 0 saturated carbocycles. The van der Waals surface area contributed by atoms with Crippen LogP contribution in [-0.4, -0.2) is 11.3 Å². The summed E-state index contributed by atoms with van der Waals surface area (Å²) >= 11 is 5.75. The molecule has 1 N–H and O–H groups in total. The minimum atomic E-state index is -0.514. The van der Waals surface area contributed by atoms with E-state index in [2.05, 4.69) is 19.2 Å². The third-order valence-electron chi connectivity index (χ3n) is 2.54. The lowest BCUT2D eigenvalue weighted by atomic mass is 9.98. The summed E-state index contributed by atoms with van der Waals surface area (Å²) in [6, 6.07) is 6.02. The SMILES string of the molecule is Cc1cccc(C(C)C)c1NC(=O)[C@@H](C)Cl. The molecule has 0 heterocycles. The summed E-state index contributed by atoms with van der Waals surface area (Å²) in [5.74, 6) is 0.221. The van der Waals surface area contributed by atoms with E-state index in [9.17, 15) is 4.79 Å². The lowest BCUT2D eigenvalue weighted by Gasteiger charge is -2.16. The minimum absolute atomic E-state index is 0.155. The van der Waals surface area contributed by atoms with Crippen molar-refractivity contribution in [2.75, 3.05) is 5.32 Å². The molecule has 0 aliphatic carbocycles. The van der Waals surface area contributed by atoms with Gasteiger partial charge in [0.15, 0.2) is 0 Å². The van der Waals surface area contributed by atoms with Gasteiger partial charge in [-0.05, 0) is 30.9 Å². The van der Waals surface area contributed by atoms with Gasteiger partial charge in [0.1, 0.15) is 5.38 Å². The average Bonchev–Trinajstić information content (AvgIpc) is 2.20. The normalized spacial score (nSPS) is 12.6. The number of halogens is 1. The van der Waals surface area contributed by atoms with Gasteiger partial charge in [-0.2, -0.15) is 0 Å². The maximum atomic E-state index is 11.6. The van der Waals surface area contributed by atoms with Crippen molar-refractivity contribution in [2.45, 2.75) is 39.0 Å². The smallest absolute Gasteiger partial charge is 0.242 e. The van der Waals surface area contributed by atoms with Crippen LogP contribution < -0.4 is 5.32 Å². The molecule has 16 heavy (non-hydrogen) atoms. The fourth-order valence-corrected chi connectivity index (χ4v) is 1.62. The molecular weight excluding hydrogens is 222 g/mol. The Morgan fingerprint density at radius 3 is 2.44 bits per heavy atom. The van der Waals surface area contributed by atoms with Crippen LogP contribution in [0.4, 0.5) is 5.69 Å². The summed E-state index contributed by atoms with van der Waals surface area (Å²) in [6.07, 6.45) is 0. The zero-order valence-corrected chi connectivity index (χ0v) is 10.9. The highest BCUT2D eigenvalue weighted by molar-refractivity contribution is 6.32. The van der Waals surface area contributed by atoms with Gasteiger partial charge in [0.25, 0.3) is 0 Å². The number of amides is 1. The van der Waals surface area contributed by atoms with Crippen molar-refractivity contribution >= 4 is 23.2 Å². The predicted octanol–water partition coefficient (Wildman–Crippen LogP) is 3.68. The second-order valence-corrected chi connectivity index (χ2v) is 4.95. The van der Waals surface area contributed by atoms with E-state index in [4.69, 9.17) is 11.6 Å². The van der Waals surface area contributed by atoms with E-state index < -0.39 is 5.38 Å². The summed E-state index contributed by atoms with van der Waals surface area (Å²) in [5, 5.41) is 2.37. The molecule has 0 aliphatic rings. The molecule has 0 fully saturated rings.